The van der Waals surface area contributed by atoms with E-state index in [1.54, 1.807) is 25.4 Å². The van der Waals surface area contributed by atoms with E-state index in [0.29, 0.717) is 31.3 Å². The van der Waals surface area contributed by atoms with Crippen molar-refractivity contribution in [2.45, 2.75) is 13.0 Å². The summed E-state index contributed by atoms with van der Waals surface area (Å²) in [5, 5.41) is 5.68. The fraction of sp³-hybridized carbons (Fsp3) is 0.444. The number of methoxy groups -OCH3 is 1. The Bertz CT molecular complexity index is 710. The SMILES string of the molecule is COc1ccc(NC(=O)NCC(c2ccc(C)o2)N2CCOCC2)cn1. The molecule has 3 heterocycles. The van der Waals surface area contributed by atoms with Crippen LogP contribution in [0.15, 0.2) is 34.9 Å². The summed E-state index contributed by atoms with van der Waals surface area (Å²) in [6, 6.07) is 7.00. The van der Waals surface area contributed by atoms with Crippen molar-refractivity contribution in [2.24, 2.45) is 0 Å². The van der Waals surface area contributed by atoms with Crippen molar-refractivity contribution in [3.05, 3.63) is 42.0 Å². The average Bonchev–Trinajstić information content (AvgIpc) is 3.09. The Kier molecular flexibility index (Phi) is 6.08. The van der Waals surface area contributed by atoms with Crippen LogP contribution in [0.3, 0.4) is 0 Å². The molecule has 0 aliphatic carbocycles. The van der Waals surface area contributed by atoms with E-state index in [0.717, 1.165) is 24.6 Å². The normalized spacial score (nSPS) is 16.1. The first-order valence-corrected chi connectivity index (χ1v) is 8.59. The van der Waals surface area contributed by atoms with Crippen LogP contribution in [-0.4, -0.2) is 55.9 Å². The minimum Gasteiger partial charge on any atom is -0.481 e. The lowest BCUT2D eigenvalue weighted by atomic mass is 10.1. The first kappa shape index (κ1) is 18.2. The smallest absolute Gasteiger partial charge is 0.319 e. The third kappa shape index (κ3) is 4.74. The summed E-state index contributed by atoms with van der Waals surface area (Å²) in [5.74, 6) is 2.19. The second-order valence-electron chi connectivity index (χ2n) is 6.04. The number of ether oxygens (including phenoxy) is 2. The maximum atomic E-state index is 12.2. The molecule has 1 unspecified atom stereocenters. The molecule has 2 amide bonds. The third-order valence-corrected chi connectivity index (χ3v) is 4.24. The lowest BCUT2D eigenvalue weighted by molar-refractivity contribution is 0.0122. The molecule has 1 aliphatic heterocycles. The van der Waals surface area contributed by atoms with Crippen molar-refractivity contribution >= 4 is 11.7 Å². The second-order valence-corrected chi connectivity index (χ2v) is 6.04. The highest BCUT2D eigenvalue weighted by Crippen LogP contribution is 2.23. The fourth-order valence-electron chi connectivity index (χ4n) is 2.87. The van der Waals surface area contributed by atoms with E-state index in [2.05, 4.69) is 20.5 Å². The molecule has 0 aromatic carbocycles. The molecule has 140 valence electrons. The number of nitrogens with one attached hydrogen (secondary N) is 2. The number of aryl methyl sites for hydroxylation is 1. The van der Waals surface area contributed by atoms with Crippen LogP contribution >= 0.6 is 0 Å². The number of furan rings is 1. The van der Waals surface area contributed by atoms with Gasteiger partial charge in [0, 0.05) is 25.7 Å². The molecule has 1 aliphatic rings. The number of hydrogen-bond donors (Lipinski definition) is 2. The van der Waals surface area contributed by atoms with Crippen LogP contribution in [0.2, 0.25) is 0 Å². The fourth-order valence-corrected chi connectivity index (χ4v) is 2.87. The van der Waals surface area contributed by atoms with Crippen LogP contribution in [0.1, 0.15) is 17.6 Å². The van der Waals surface area contributed by atoms with Gasteiger partial charge in [-0.1, -0.05) is 0 Å². The van der Waals surface area contributed by atoms with Crippen molar-refractivity contribution in [3.63, 3.8) is 0 Å². The van der Waals surface area contributed by atoms with E-state index < -0.39 is 0 Å². The molecule has 1 atom stereocenters. The van der Waals surface area contributed by atoms with Gasteiger partial charge in [-0.3, -0.25) is 4.90 Å². The van der Waals surface area contributed by atoms with Crippen LogP contribution < -0.4 is 15.4 Å². The van der Waals surface area contributed by atoms with Gasteiger partial charge < -0.3 is 24.5 Å². The predicted molar refractivity (Wildman–Crippen MR) is 96.4 cm³/mol. The molecule has 8 nitrogen and oxygen atoms in total. The Morgan fingerprint density at radius 1 is 1.31 bits per heavy atom. The van der Waals surface area contributed by atoms with E-state index in [1.807, 2.05) is 19.1 Å². The van der Waals surface area contributed by atoms with Crippen molar-refractivity contribution in [2.75, 3.05) is 45.3 Å². The Hall–Kier alpha value is -2.58. The number of nitrogens with zero attached hydrogens (tertiary/aromatic N) is 2. The lowest BCUT2D eigenvalue weighted by Crippen LogP contribution is -2.44. The van der Waals surface area contributed by atoms with Crippen LogP contribution in [-0.2, 0) is 4.74 Å². The zero-order chi connectivity index (χ0) is 18.4. The van der Waals surface area contributed by atoms with E-state index in [9.17, 15) is 4.79 Å². The predicted octanol–water partition coefficient (Wildman–Crippen LogP) is 2.19. The molecule has 1 fully saturated rings. The van der Waals surface area contributed by atoms with Gasteiger partial charge in [0.15, 0.2) is 0 Å². The Balaban J connectivity index is 1.60. The highest BCUT2D eigenvalue weighted by molar-refractivity contribution is 5.89. The van der Waals surface area contributed by atoms with E-state index in [1.165, 1.54) is 0 Å². The van der Waals surface area contributed by atoms with Gasteiger partial charge in [0.25, 0.3) is 0 Å². The molecule has 2 N–H and O–H groups in total. The minimum atomic E-state index is -0.293. The summed E-state index contributed by atoms with van der Waals surface area (Å²) in [6.07, 6.45) is 1.55. The summed E-state index contributed by atoms with van der Waals surface area (Å²) in [5.41, 5.74) is 0.597. The molecule has 0 spiro atoms. The largest absolute Gasteiger partial charge is 0.481 e. The van der Waals surface area contributed by atoms with Gasteiger partial charge >= 0.3 is 6.03 Å². The molecular formula is C18H24N4O4. The van der Waals surface area contributed by atoms with Crippen LogP contribution in [0.25, 0.3) is 0 Å². The number of rotatable bonds is 6. The zero-order valence-corrected chi connectivity index (χ0v) is 15.0. The molecule has 0 bridgehead atoms. The Morgan fingerprint density at radius 3 is 2.73 bits per heavy atom. The topological polar surface area (TPSA) is 88.9 Å². The molecule has 2 aromatic heterocycles. The number of amides is 2. The molecule has 26 heavy (non-hydrogen) atoms. The summed E-state index contributed by atoms with van der Waals surface area (Å²) in [4.78, 5) is 18.6. The summed E-state index contributed by atoms with van der Waals surface area (Å²) in [6.45, 7) is 5.31. The van der Waals surface area contributed by atoms with Crippen LogP contribution in [0.5, 0.6) is 5.88 Å². The number of hydrogen-bond acceptors (Lipinski definition) is 6. The standard InChI is InChI=1S/C18H24N4O4/c1-13-3-5-16(26-13)15(22-7-9-25-10-8-22)12-20-18(23)21-14-4-6-17(24-2)19-11-14/h3-6,11,15H,7-10,12H2,1-2H3,(H2,20,21,23). The van der Waals surface area contributed by atoms with E-state index in [-0.39, 0.29) is 12.1 Å². The molecule has 0 saturated carbocycles. The number of pyridine rings is 1. The second kappa shape index (κ2) is 8.68. The molecular weight excluding hydrogens is 336 g/mol. The summed E-state index contributed by atoms with van der Waals surface area (Å²) in [7, 11) is 1.55. The van der Waals surface area contributed by atoms with Gasteiger partial charge in [-0.25, -0.2) is 9.78 Å². The number of carbonyl (C=O) groups is 1. The molecule has 1 saturated heterocycles. The molecule has 2 aromatic rings. The van der Waals surface area contributed by atoms with Gasteiger partial charge in [-0.15, -0.1) is 0 Å². The number of carbonyl (C=O) groups excluding carboxylic acids is 1. The quantitative estimate of drug-likeness (QED) is 0.821. The molecule has 0 radical (unpaired) electrons. The third-order valence-electron chi connectivity index (χ3n) is 4.24. The minimum absolute atomic E-state index is 0.0349. The van der Waals surface area contributed by atoms with Gasteiger partial charge in [0.05, 0.1) is 38.2 Å². The van der Waals surface area contributed by atoms with Crippen molar-refractivity contribution in [1.82, 2.24) is 15.2 Å². The van der Waals surface area contributed by atoms with Gasteiger partial charge in [-0.05, 0) is 25.1 Å². The molecule has 3 rings (SSSR count). The van der Waals surface area contributed by atoms with Crippen molar-refractivity contribution < 1.29 is 18.7 Å². The average molecular weight is 360 g/mol. The summed E-state index contributed by atoms with van der Waals surface area (Å²) >= 11 is 0. The van der Waals surface area contributed by atoms with Gasteiger partial charge in [-0.2, -0.15) is 0 Å². The Morgan fingerprint density at radius 2 is 2.12 bits per heavy atom. The maximum absolute atomic E-state index is 12.2. The monoisotopic (exact) mass is 360 g/mol. The van der Waals surface area contributed by atoms with Crippen molar-refractivity contribution in [3.8, 4) is 5.88 Å². The van der Waals surface area contributed by atoms with Gasteiger partial charge in [0.1, 0.15) is 11.5 Å². The highest BCUT2D eigenvalue weighted by atomic mass is 16.5. The van der Waals surface area contributed by atoms with Crippen LogP contribution in [0.4, 0.5) is 10.5 Å². The summed E-state index contributed by atoms with van der Waals surface area (Å²) < 4.78 is 16.2. The van der Waals surface area contributed by atoms with Crippen molar-refractivity contribution in [1.29, 1.82) is 0 Å². The first-order valence-electron chi connectivity index (χ1n) is 8.59. The van der Waals surface area contributed by atoms with E-state index in [4.69, 9.17) is 13.9 Å². The number of morpholine rings is 1. The van der Waals surface area contributed by atoms with Gasteiger partial charge in [0.2, 0.25) is 5.88 Å². The van der Waals surface area contributed by atoms with E-state index >= 15 is 0 Å². The maximum Gasteiger partial charge on any atom is 0.319 e. The number of urea groups is 1. The highest BCUT2D eigenvalue weighted by Gasteiger charge is 2.25. The number of aromatic nitrogens is 1. The lowest BCUT2D eigenvalue weighted by Gasteiger charge is -2.33. The zero-order valence-electron chi connectivity index (χ0n) is 15.0. The Labute approximate surface area is 152 Å². The number of anilines is 1. The first-order chi connectivity index (χ1) is 12.7. The molecule has 8 heteroatoms. The van der Waals surface area contributed by atoms with Crippen LogP contribution in [0, 0.1) is 6.92 Å².